The molecule has 0 bridgehead atoms. The highest BCUT2D eigenvalue weighted by atomic mass is 79.9. The van der Waals surface area contributed by atoms with Gasteiger partial charge in [0.25, 0.3) is 5.91 Å². The number of Topliss-reactive ketones (excluding diaryl/α,β-unsaturated/α-hetero) is 1. The van der Waals surface area contributed by atoms with Gasteiger partial charge in [-0.1, -0.05) is 13.8 Å². The van der Waals surface area contributed by atoms with Gasteiger partial charge in [-0.2, -0.15) is 0 Å². The van der Waals surface area contributed by atoms with Gasteiger partial charge in [0.05, 0.1) is 10.5 Å². The normalized spacial score (nSPS) is 16.7. The molecule has 1 aliphatic heterocycles. The molecule has 2 rings (SSSR count). The number of nitrogens with two attached hydrogens (primary N) is 2. The average molecular weight is 587 g/mol. The van der Waals surface area contributed by atoms with Gasteiger partial charge in [0.15, 0.2) is 11.7 Å². The molecule has 1 aliphatic rings. The topological polar surface area (TPSA) is 160 Å². The van der Waals surface area contributed by atoms with E-state index in [9.17, 15) is 28.0 Å². The number of benzene rings is 1. The molecule has 37 heavy (non-hydrogen) atoms. The number of likely N-dealkylation sites (tertiary alicyclic amines) is 1. The van der Waals surface area contributed by atoms with E-state index < -0.39 is 54.1 Å². The first kappa shape index (κ1) is 30.1. The first-order chi connectivity index (χ1) is 17.5. The zero-order valence-electron chi connectivity index (χ0n) is 20.8. The summed E-state index contributed by atoms with van der Waals surface area (Å²) in [6, 6.07) is 0.925. The molecule has 6 N–H and O–H groups in total. The number of amides is 3. The van der Waals surface area contributed by atoms with Crippen LogP contribution < -0.4 is 22.1 Å². The molecule has 1 unspecified atom stereocenters. The molecule has 0 radical (unpaired) electrons. The lowest BCUT2D eigenvalue weighted by Gasteiger charge is -2.31. The summed E-state index contributed by atoms with van der Waals surface area (Å²) in [6.45, 7) is 2.71. The molecule has 1 heterocycles. The maximum absolute atomic E-state index is 13.9. The number of halogens is 3. The highest BCUT2D eigenvalue weighted by molar-refractivity contribution is 9.10. The second-order valence-electron chi connectivity index (χ2n) is 9.12. The van der Waals surface area contributed by atoms with Crippen molar-refractivity contribution in [2.24, 2.45) is 22.4 Å². The van der Waals surface area contributed by atoms with Gasteiger partial charge in [0.1, 0.15) is 24.6 Å². The summed E-state index contributed by atoms with van der Waals surface area (Å²) in [6.07, 6.45) is 1.34. The Morgan fingerprint density at radius 3 is 2.51 bits per heavy atom. The third-order valence-corrected chi connectivity index (χ3v) is 6.66. The number of carbonyl (C=O) groups is 4. The molecule has 1 saturated heterocycles. The van der Waals surface area contributed by atoms with Crippen LogP contribution in [-0.2, 0) is 14.4 Å². The highest BCUT2D eigenvalue weighted by Crippen LogP contribution is 2.22. The van der Waals surface area contributed by atoms with E-state index in [4.69, 9.17) is 11.5 Å². The fourth-order valence-electron chi connectivity index (χ4n) is 4.04. The number of alkyl halides is 1. The number of nitrogens with one attached hydrogen (secondary N) is 2. The smallest absolute Gasteiger partial charge is 0.252 e. The van der Waals surface area contributed by atoms with Crippen molar-refractivity contribution in [2.75, 3.05) is 19.8 Å². The maximum atomic E-state index is 13.9. The molecular formula is C24H33BrF2N6O4. The summed E-state index contributed by atoms with van der Waals surface area (Å²) in [5.41, 5.74) is 10.6. The second kappa shape index (κ2) is 14.0. The van der Waals surface area contributed by atoms with Crippen LogP contribution in [0.1, 0.15) is 49.9 Å². The molecule has 204 valence electrons. The lowest BCUT2D eigenvalue weighted by Crippen LogP contribution is -2.56. The second-order valence-corrected chi connectivity index (χ2v) is 9.98. The molecule has 13 heteroatoms. The number of hydrogen-bond donors (Lipinski definition) is 4. The van der Waals surface area contributed by atoms with E-state index in [1.54, 1.807) is 13.8 Å². The predicted molar refractivity (Wildman–Crippen MR) is 138 cm³/mol. The Bertz CT molecular complexity index is 1030. The summed E-state index contributed by atoms with van der Waals surface area (Å²) >= 11 is 3.03. The van der Waals surface area contributed by atoms with Crippen molar-refractivity contribution in [1.82, 2.24) is 15.5 Å². The Morgan fingerprint density at radius 1 is 1.22 bits per heavy atom. The van der Waals surface area contributed by atoms with Crippen LogP contribution in [0.25, 0.3) is 0 Å². The fourth-order valence-corrected chi connectivity index (χ4v) is 4.28. The van der Waals surface area contributed by atoms with Gasteiger partial charge >= 0.3 is 0 Å². The monoisotopic (exact) mass is 586 g/mol. The molecule has 0 saturated carbocycles. The van der Waals surface area contributed by atoms with Crippen LogP contribution >= 0.6 is 15.9 Å². The number of carbonyl (C=O) groups excluding carboxylic acids is 4. The van der Waals surface area contributed by atoms with Crippen LogP contribution in [0, 0.1) is 11.7 Å². The Labute approximate surface area is 222 Å². The van der Waals surface area contributed by atoms with Gasteiger partial charge in [-0.05, 0) is 65.7 Å². The number of aliphatic imine (C=N–C) groups is 1. The average Bonchev–Trinajstić information content (AvgIpc) is 3.34. The molecule has 10 nitrogen and oxygen atoms in total. The van der Waals surface area contributed by atoms with Gasteiger partial charge < -0.3 is 27.0 Å². The Morgan fingerprint density at radius 2 is 1.92 bits per heavy atom. The van der Waals surface area contributed by atoms with Crippen LogP contribution in [-0.4, -0.2) is 72.3 Å². The fraction of sp³-hybridized carbons (Fsp3) is 0.542. The predicted octanol–water partition coefficient (Wildman–Crippen LogP) is 1.41. The van der Waals surface area contributed by atoms with Crippen LogP contribution in [0.4, 0.5) is 8.78 Å². The van der Waals surface area contributed by atoms with Gasteiger partial charge in [0.2, 0.25) is 11.8 Å². The van der Waals surface area contributed by atoms with Crippen molar-refractivity contribution in [2.45, 2.75) is 57.7 Å². The highest BCUT2D eigenvalue weighted by Gasteiger charge is 2.39. The van der Waals surface area contributed by atoms with Gasteiger partial charge in [-0.25, -0.2) is 8.78 Å². The lowest BCUT2D eigenvalue weighted by molar-refractivity contribution is -0.141. The Kier molecular flexibility index (Phi) is 11.4. The lowest BCUT2D eigenvalue weighted by atomic mass is 10.0. The molecular weight excluding hydrogens is 554 g/mol. The summed E-state index contributed by atoms with van der Waals surface area (Å²) in [5.74, 6) is -3.54. The maximum Gasteiger partial charge on any atom is 0.252 e. The van der Waals surface area contributed by atoms with Crippen LogP contribution in [0.3, 0.4) is 0 Å². The van der Waals surface area contributed by atoms with E-state index in [1.807, 2.05) is 0 Å². The number of hydrogen-bond acceptors (Lipinski definition) is 5. The number of rotatable bonds is 12. The van der Waals surface area contributed by atoms with E-state index in [-0.39, 0.29) is 41.4 Å². The number of guanidine groups is 1. The standard InChI is InChI=1S/C24H33BrF2N6O4/c1-13(2)20(32-21(35)14-7-8-15(25)16(27)11-14)23(37)33-10-4-6-18(33)22(36)31-17(19(34)12-26)5-3-9-30-24(28)29/h7-8,11,13,17-18,20H,3-6,9-10,12H2,1-2H3,(H,31,36)(H,32,35)(H4,28,29,30)/t17-,18-,20?/m0/s1. The van der Waals surface area contributed by atoms with Gasteiger partial charge in [-0.15, -0.1) is 0 Å². The summed E-state index contributed by atoms with van der Waals surface area (Å²) < 4.78 is 27.2. The van der Waals surface area contributed by atoms with E-state index >= 15 is 0 Å². The zero-order chi connectivity index (χ0) is 27.7. The van der Waals surface area contributed by atoms with Crippen molar-refractivity contribution in [1.29, 1.82) is 0 Å². The minimum absolute atomic E-state index is 0.0446. The van der Waals surface area contributed by atoms with Gasteiger partial charge in [0, 0.05) is 18.7 Å². The Hall–Kier alpha value is -3.09. The molecule has 3 atom stereocenters. The molecule has 0 aromatic heterocycles. The van der Waals surface area contributed by atoms with Crippen molar-refractivity contribution in [3.8, 4) is 0 Å². The van der Waals surface area contributed by atoms with Crippen LogP contribution in [0.5, 0.6) is 0 Å². The summed E-state index contributed by atoms with van der Waals surface area (Å²) in [7, 11) is 0. The summed E-state index contributed by atoms with van der Waals surface area (Å²) in [4.78, 5) is 56.5. The van der Waals surface area contributed by atoms with E-state index in [2.05, 4.69) is 31.6 Å². The van der Waals surface area contributed by atoms with Crippen LogP contribution in [0.2, 0.25) is 0 Å². The van der Waals surface area contributed by atoms with Crippen molar-refractivity contribution in [3.05, 3.63) is 34.1 Å². The SMILES string of the molecule is CC(C)C(NC(=O)c1ccc(Br)c(F)c1)C(=O)N1CCC[C@H]1C(=O)N[C@@H](CCCN=C(N)N)C(=O)CF. The van der Waals surface area contributed by atoms with Gasteiger partial charge in [-0.3, -0.25) is 24.2 Å². The molecule has 0 aliphatic carbocycles. The van der Waals surface area contributed by atoms with E-state index in [0.29, 0.717) is 19.3 Å². The quantitative estimate of drug-likeness (QED) is 0.164. The van der Waals surface area contributed by atoms with Crippen molar-refractivity contribution >= 4 is 45.4 Å². The minimum atomic E-state index is -1.25. The molecule has 3 amide bonds. The first-order valence-electron chi connectivity index (χ1n) is 12.0. The minimum Gasteiger partial charge on any atom is -0.370 e. The zero-order valence-corrected chi connectivity index (χ0v) is 22.4. The molecule has 0 spiro atoms. The summed E-state index contributed by atoms with van der Waals surface area (Å²) in [5, 5.41) is 5.21. The first-order valence-corrected chi connectivity index (χ1v) is 12.8. The van der Waals surface area contributed by atoms with Crippen molar-refractivity contribution < 1.29 is 28.0 Å². The Balaban J connectivity index is 2.12. The third kappa shape index (κ3) is 8.48. The third-order valence-electron chi connectivity index (χ3n) is 6.02. The number of nitrogens with zero attached hydrogens (tertiary/aromatic N) is 2. The molecule has 1 fully saturated rings. The largest absolute Gasteiger partial charge is 0.370 e. The molecule has 1 aromatic carbocycles. The van der Waals surface area contributed by atoms with Crippen LogP contribution in [0.15, 0.2) is 27.7 Å². The van der Waals surface area contributed by atoms with E-state index in [1.165, 1.54) is 17.0 Å². The van der Waals surface area contributed by atoms with Crippen molar-refractivity contribution in [3.63, 3.8) is 0 Å². The molecule has 1 aromatic rings. The van der Waals surface area contributed by atoms with E-state index in [0.717, 1.165) is 6.07 Å². The number of ketones is 1.